The summed E-state index contributed by atoms with van der Waals surface area (Å²) in [6, 6.07) is 12.1. The number of pyridine rings is 1. The third-order valence-electron chi connectivity index (χ3n) is 4.71. The van der Waals surface area contributed by atoms with Crippen LogP contribution in [0.25, 0.3) is 10.9 Å². The van der Waals surface area contributed by atoms with Gasteiger partial charge in [0.2, 0.25) is 0 Å². The minimum absolute atomic E-state index is 0.0688. The summed E-state index contributed by atoms with van der Waals surface area (Å²) in [5.74, 6) is 0.616. The van der Waals surface area contributed by atoms with Crippen LogP contribution in [0.15, 0.2) is 48.9 Å². The van der Waals surface area contributed by atoms with Gasteiger partial charge in [-0.3, -0.25) is 4.98 Å². The molecule has 1 N–H and O–H groups in total. The van der Waals surface area contributed by atoms with Gasteiger partial charge in [-0.2, -0.15) is 5.26 Å². The Bertz CT molecular complexity index is 946. The highest BCUT2D eigenvalue weighted by Gasteiger charge is 2.33. The summed E-state index contributed by atoms with van der Waals surface area (Å²) in [7, 11) is 0. The van der Waals surface area contributed by atoms with Crippen molar-refractivity contribution in [2.24, 2.45) is 5.92 Å². The van der Waals surface area contributed by atoms with Crippen molar-refractivity contribution in [1.82, 2.24) is 15.0 Å². The van der Waals surface area contributed by atoms with E-state index in [1.807, 2.05) is 35.4 Å². The minimum Gasteiger partial charge on any atom is -0.391 e. The van der Waals surface area contributed by atoms with Gasteiger partial charge >= 0.3 is 0 Å². The zero-order chi connectivity index (χ0) is 17.2. The number of hydrogen-bond acceptors (Lipinski definition) is 6. The van der Waals surface area contributed by atoms with Gasteiger partial charge in [-0.25, -0.2) is 9.97 Å². The summed E-state index contributed by atoms with van der Waals surface area (Å²) in [5.41, 5.74) is 2.44. The molecule has 0 radical (unpaired) electrons. The molecule has 6 heteroatoms. The van der Waals surface area contributed by atoms with Crippen LogP contribution in [-0.4, -0.2) is 39.3 Å². The molecule has 0 spiro atoms. The van der Waals surface area contributed by atoms with E-state index in [1.54, 1.807) is 6.20 Å². The average molecular weight is 331 g/mol. The van der Waals surface area contributed by atoms with Gasteiger partial charge in [0.1, 0.15) is 6.07 Å². The molecule has 0 aliphatic carbocycles. The molecule has 6 nitrogen and oxygen atoms in total. The molecular weight excluding hydrogens is 314 g/mol. The number of anilines is 1. The first kappa shape index (κ1) is 15.5. The molecular formula is C19H17N5O. The van der Waals surface area contributed by atoms with E-state index in [0.29, 0.717) is 24.6 Å². The van der Waals surface area contributed by atoms with Crippen molar-refractivity contribution in [3.8, 4) is 6.07 Å². The van der Waals surface area contributed by atoms with Crippen molar-refractivity contribution in [2.45, 2.75) is 12.5 Å². The number of benzene rings is 1. The quantitative estimate of drug-likeness (QED) is 0.789. The van der Waals surface area contributed by atoms with Gasteiger partial charge in [-0.15, -0.1) is 0 Å². The van der Waals surface area contributed by atoms with Crippen molar-refractivity contribution in [3.05, 3.63) is 60.2 Å². The second-order valence-corrected chi connectivity index (χ2v) is 6.26. The molecule has 3 heterocycles. The molecule has 0 saturated carbocycles. The molecule has 1 aliphatic rings. The molecule has 1 aliphatic heterocycles. The number of nitrogens with zero attached hydrogens (tertiary/aromatic N) is 5. The molecule has 25 heavy (non-hydrogen) atoms. The maximum absolute atomic E-state index is 10.5. The van der Waals surface area contributed by atoms with E-state index in [2.05, 4.69) is 27.1 Å². The first-order valence-corrected chi connectivity index (χ1v) is 8.23. The lowest BCUT2D eigenvalue weighted by atomic mass is 9.94. The van der Waals surface area contributed by atoms with Gasteiger partial charge in [-0.05, 0) is 24.1 Å². The largest absolute Gasteiger partial charge is 0.391 e. The van der Waals surface area contributed by atoms with E-state index in [9.17, 15) is 10.4 Å². The summed E-state index contributed by atoms with van der Waals surface area (Å²) in [6.07, 6.45) is 5.18. The van der Waals surface area contributed by atoms with Crippen LogP contribution in [0.3, 0.4) is 0 Å². The highest BCUT2D eigenvalue weighted by atomic mass is 16.3. The van der Waals surface area contributed by atoms with Gasteiger partial charge in [0.15, 0.2) is 11.5 Å². The number of β-amino-alcohol motifs (C(OH)–C–C–N with tert-alkyl or cyclic N) is 1. The number of aromatic nitrogens is 3. The van der Waals surface area contributed by atoms with Crippen LogP contribution in [0.5, 0.6) is 0 Å². The van der Waals surface area contributed by atoms with Gasteiger partial charge in [0, 0.05) is 43.0 Å². The first-order chi connectivity index (χ1) is 12.3. The van der Waals surface area contributed by atoms with Gasteiger partial charge in [0.25, 0.3) is 0 Å². The second kappa shape index (κ2) is 6.46. The lowest BCUT2D eigenvalue weighted by Gasteiger charge is -2.17. The molecule has 2 atom stereocenters. The van der Waals surface area contributed by atoms with E-state index < -0.39 is 6.10 Å². The molecule has 1 saturated heterocycles. The normalized spacial score (nSPS) is 19.9. The Hall–Kier alpha value is -3.04. The molecule has 0 bridgehead atoms. The van der Waals surface area contributed by atoms with E-state index in [4.69, 9.17) is 0 Å². The number of hydrogen-bond donors (Lipinski definition) is 1. The standard InChI is InChI=1S/C19H17N5O/c20-10-17-19(23-8-7-22-17)24-11-14(18(25)12-24)9-13-5-6-21-16-4-2-1-3-15(13)16/h1-8,14,18,25H,9,11-12H2/t14-,18+/m1/s1. The monoisotopic (exact) mass is 331 g/mol. The number of nitriles is 1. The first-order valence-electron chi connectivity index (χ1n) is 8.23. The van der Waals surface area contributed by atoms with Crippen LogP contribution < -0.4 is 4.90 Å². The third-order valence-corrected chi connectivity index (χ3v) is 4.71. The molecule has 0 amide bonds. The summed E-state index contributed by atoms with van der Waals surface area (Å²) >= 11 is 0. The van der Waals surface area contributed by atoms with Crippen molar-refractivity contribution >= 4 is 16.7 Å². The van der Waals surface area contributed by atoms with Gasteiger partial charge < -0.3 is 10.0 Å². The lowest BCUT2D eigenvalue weighted by molar-refractivity contribution is 0.148. The van der Waals surface area contributed by atoms with Gasteiger partial charge in [0.05, 0.1) is 11.6 Å². The van der Waals surface area contributed by atoms with Crippen molar-refractivity contribution in [3.63, 3.8) is 0 Å². The Balaban J connectivity index is 1.59. The van der Waals surface area contributed by atoms with Crippen LogP contribution in [0, 0.1) is 17.2 Å². The Morgan fingerprint density at radius 3 is 2.80 bits per heavy atom. The second-order valence-electron chi connectivity index (χ2n) is 6.26. The molecule has 1 fully saturated rings. The SMILES string of the molecule is N#Cc1nccnc1N1C[C@@H](Cc2ccnc3ccccc23)[C@@H](O)C1. The fourth-order valence-electron chi connectivity index (χ4n) is 3.48. The Labute approximate surface area is 145 Å². The minimum atomic E-state index is -0.472. The Morgan fingerprint density at radius 2 is 1.92 bits per heavy atom. The molecule has 2 aromatic heterocycles. The number of fused-ring (bicyclic) bond motifs is 1. The van der Waals surface area contributed by atoms with Crippen LogP contribution in [0.1, 0.15) is 11.3 Å². The van der Waals surface area contributed by atoms with Crippen LogP contribution >= 0.6 is 0 Å². The Kier molecular flexibility index (Phi) is 4.00. The highest BCUT2D eigenvalue weighted by molar-refractivity contribution is 5.81. The van der Waals surface area contributed by atoms with Crippen LogP contribution in [0.2, 0.25) is 0 Å². The molecule has 124 valence electrons. The number of aliphatic hydroxyl groups excluding tert-OH is 1. The van der Waals surface area contributed by atoms with E-state index in [1.165, 1.54) is 11.8 Å². The fraction of sp³-hybridized carbons (Fsp3) is 0.263. The summed E-state index contributed by atoms with van der Waals surface area (Å²) < 4.78 is 0. The molecule has 0 unspecified atom stereocenters. The maximum atomic E-state index is 10.5. The van der Waals surface area contributed by atoms with Crippen molar-refractivity contribution in [1.29, 1.82) is 5.26 Å². The number of aliphatic hydroxyl groups is 1. The van der Waals surface area contributed by atoms with Crippen LogP contribution in [0.4, 0.5) is 5.82 Å². The Morgan fingerprint density at radius 1 is 1.08 bits per heavy atom. The fourth-order valence-corrected chi connectivity index (χ4v) is 3.48. The topological polar surface area (TPSA) is 85.9 Å². The smallest absolute Gasteiger partial charge is 0.183 e. The van der Waals surface area contributed by atoms with E-state index in [-0.39, 0.29) is 5.92 Å². The summed E-state index contributed by atoms with van der Waals surface area (Å²) in [6.45, 7) is 1.10. The lowest BCUT2D eigenvalue weighted by Crippen LogP contribution is -2.23. The van der Waals surface area contributed by atoms with E-state index >= 15 is 0 Å². The number of rotatable bonds is 3. The number of para-hydroxylation sites is 1. The predicted molar refractivity (Wildman–Crippen MR) is 93.9 cm³/mol. The predicted octanol–water partition coefficient (Wildman–Crippen LogP) is 1.94. The molecule has 4 rings (SSSR count). The third kappa shape index (κ3) is 2.90. The maximum Gasteiger partial charge on any atom is 0.183 e. The molecule has 1 aromatic carbocycles. The van der Waals surface area contributed by atoms with Gasteiger partial charge in [-0.1, -0.05) is 18.2 Å². The zero-order valence-electron chi connectivity index (χ0n) is 13.6. The highest BCUT2D eigenvalue weighted by Crippen LogP contribution is 2.28. The summed E-state index contributed by atoms with van der Waals surface area (Å²) in [4.78, 5) is 14.7. The van der Waals surface area contributed by atoms with Crippen LogP contribution in [-0.2, 0) is 6.42 Å². The molecule has 3 aromatic rings. The zero-order valence-corrected chi connectivity index (χ0v) is 13.6. The van der Waals surface area contributed by atoms with E-state index in [0.717, 1.165) is 17.3 Å². The average Bonchev–Trinajstić information content (AvgIpc) is 3.02. The van der Waals surface area contributed by atoms with Crippen molar-refractivity contribution < 1.29 is 5.11 Å². The summed E-state index contributed by atoms with van der Waals surface area (Å²) in [5, 5.41) is 20.9. The van der Waals surface area contributed by atoms with Crippen molar-refractivity contribution in [2.75, 3.05) is 18.0 Å².